The Morgan fingerprint density at radius 3 is 2.57 bits per heavy atom. The van der Waals surface area contributed by atoms with Gasteiger partial charge in [0, 0.05) is 5.56 Å². The van der Waals surface area contributed by atoms with Gasteiger partial charge in [-0.05, 0) is 36.4 Å². The Morgan fingerprint density at radius 2 is 1.83 bits per heavy atom. The maximum absolute atomic E-state index is 13.6. The summed E-state index contributed by atoms with van der Waals surface area (Å²) in [5, 5.41) is 6.25. The first-order valence-electron chi connectivity index (χ1n) is 6.75. The van der Waals surface area contributed by atoms with E-state index >= 15 is 0 Å². The minimum absolute atomic E-state index is 0.0162. The molecule has 2 aromatic carbocycles. The number of amides is 1. The third kappa shape index (κ3) is 3.39. The van der Waals surface area contributed by atoms with Gasteiger partial charge in [0.2, 0.25) is 11.7 Å². The van der Waals surface area contributed by atoms with Crippen molar-refractivity contribution in [2.24, 2.45) is 0 Å². The molecule has 0 radical (unpaired) electrons. The van der Waals surface area contributed by atoms with Gasteiger partial charge in [0.25, 0.3) is 5.91 Å². The average Bonchev–Trinajstić information content (AvgIpc) is 3.02. The van der Waals surface area contributed by atoms with Gasteiger partial charge in [0.05, 0.1) is 12.1 Å². The van der Waals surface area contributed by atoms with E-state index in [-0.39, 0.29) is 23.8 Å². The van der Waals surface area contributed by atoms with E-state index in [0.717, 1.165) is 0 Å². The highest BCUT2D eigenvalue weighted by Crippen LogP contribution is 2.19. The molecule has 23 heavy (non-hydrogen) atoms. The molecule has 0 saturated heterocycles. The summed E-state index contributed by atoms with van der Waals surface area (Å²) in [6.45, 7) is -0.0162. The number of nitrogens with zero attached hydrogens (tertiary/aromatic N) is 2. The van der Waals surface area contributed by atoms with E-state index in [0.29, 0.717) is 5.56 Å². The lowest BCUT2D eigenvalue weighted by atomic mass is 10.2. The second-order valence-electron chi connectivity index (χ2n) is 4.68. The van der Waals surface area contributed by atoms with Crippen molar-refractivity contribution in [1.29, 1.82) is 0 Å². The van der Waals surface area contributed by atoms with E-state index < -0.39 is 17.5 Å². The molecule has 0 unspecified atom stereocenters. The van der Waals surface area contributed by atoms with Crippen LogP contribution in [0.5, 0.6) is 0 Å². The number of aromatic nitrogens is 2. The smallest absolute Gasteiger partial charge is 0.251 e. The number of halogens is 2. The molecule has 0 atom stereocenters. The quantitative estimate of drug-likeness (QED) is 0.804. The van der Waals surface area contributed by atoms with E-state index in [1.54, 1.807) is 12.1 Å². The zero-order valence-electron chi connectivity index (χ0n) is 11.8. The van der Waals surface area contributed by atoms with Crippen LogP contribution in [0.25, 0.3) is 11.4 Å². The van der Waals surface area contributed by atoms with Crippen molar-refractivity contribution in [2.45, 2.75) is 6.54 Å². The summed E-state index contributed by atoms with van der Waals surface area (Å²) in [6.07, 6.45) is 0. The zero-order valence-corrected chi connectivity index (χ0v) is 11.8. The predicted octanol–water partition coefficient (Wildman–Crippen LogP) is 2.94. The first-order valence-corrected chi connectivity index (χ1v) is 6.75. The van der Waals surface area contributed by atoms with Gasteiger partial charge in [-0.1, -0.05) is 17.3 Å². The van der Waals surface area contributed by atoms with Gasteiger partial charge in [-0.15, -0.1) is 0 Å². The molecule has 1 N–H and O–H groups in total. The minimum atomic E-state index is -0.463. The van der Waals surface area contributed by atoms with Crippen LogP contribution in [0.1, 0.15) is 16.2 Å². The van der Waals surface area contributed by atoms with Crippen molar-refractivity contribution in [3.63, 3.8) is 0 Å². The Hall–Kier alpha value is -3.09. The maximum atomic E-state index is 13.6. The van der Waals surface area contributed by atoms with E-state index in [9.17, 15) is 13.6 Å². The lowest BCUT2D eigenvalue weighted by molar-refractivity contribution is 0.0946. The fourth-order valence-corrected chi connectivity index (χ4v) is 1.94. The van der Waals surface area contributed by atoms with Crippen LogP contribution in [-0.2, 0) is 6.54 Å². The van der Waals surface area contributed by atoms with Gasteiger partial charge in [0.1, 0.15) is 11.6 Å². The molecule has 0 aliphatic carbocycles. The molecule has 1 aromatic heterocycles. The van der Waals surface area contributed by atoms with Crippen LogP contribution < -0.4 is 5.32 Å². The number of carbonyl (C=O) groups excluding carboxylic acids is 1. The van der Waals surface area contributed by atoms with E-state index in [2.05, 4.69) is 15.5 Å². The molecule has 3 rings (SSSR count). The average molecular weight is 315 g/mol. The van der Waals surface area contributed by atoms with E-state index in [1.807, 2.05) is 0 Å². The number of carbonyl (C=O) groups is 1. The minimum Gasteiger partial charge on any atom is -0.343 e. The van der Waals surface area contributed by atoms with Crippen LogP contribution in [0.15, 0.2) is 53.1 Å². The van der Waals surface area contributed by atoms with Crippen molar-refractivity contribution in [3.05, 3.63) is 71.6 Å². The van der Waals surface area contributed by atoms with Crippen LogP contribution in [-0.4, -0.2) is 16.0 Å². The second kappa shape index (κ2) is 6.35. The number of hydrogen-bond donors (Lipinski definition) is 1. The Balaban J connectivity index is 1.67. The van der Waals surface area contributed by atoms with Gasteiger partial charge >= 0.3 is 0 Å². The van der Waals surface area contributed by atoms with Crippen molar-refractivity contribution in [2.75, 3.05) is 0 Å². The fraction of sp³-hybridized carbons (Fsp3) is 0.0625. The number of benzene rings is 2. The number of rotatable bonds is 4. The molecule has 0 fully saturated rings. The Morgan fingerprint density at radius 1 is 1.09 bits per heavy atom. The lowest BCUT2D eigenvalue weighted by Gasteiger charge is -2.01. The molecule has 0 bridgehead atoms. The lowest BCUT2D eigenvalue weighted by Crippen LogP contribution is -2.22. The number of hydrogen-bond acceptors (Lipinski definition) is 4. The summed E-state index contributed by atoms with van der Waals surface area (Å²) in [5.41, 5.74) is 0.521. The highest BCUT2D eigenvalue weighted by molar-refractivity contribution is 5.94. The highest BCUT2D eigenvalue weighted by atomic mass is 19.1. The Labute approximate surface area is 130 Å². The topological polar surface area (TPSA) is 68.0 Å². The summed E-state index contributed by atoms with van der Waals surface area (Å²) < 4.78 is 31.4. The van der Waals surface area contributed by atoms with E-state index in [1.165, 1.54) is 36.4 Å². The third-order valence-electron chi connectivity index (χ3n) is 3.09. The summed E-state index contributed by atoms with van der Waals surface area (Å²) in [5.74, 6) is -1.05. The van der Waals surface area contributed by atoms with Crippen molar-refractivity contribution in [3.8, 4) is 11.4 Å². The summed E-state index contributed by atoms with van der Waals surface area (Å²) in [4.78, 5) is 15.9. The molecule has 7 heteroatoms. The van der Waals surface area contributed by atoms with Gasteiger partial charge in [-0.2, -0.15) is 4.98 Å². The molecule has 5 nitrogen and oxygen atoms in total. The van der Waals surface area contributed by atoms with E-state index in [4.69, 9.17) is 4.52 Å². The monoisotopic (exact) mass is 315 g/mol. The summed E-state index contributed by atoms with van der Waals surface area (Å²) in [6, 6.07) is 11.2. The molecule has 116 valence electrons. The molecule has 1 heterocycles. The number of nitrogens with one attached hydrogen (secondary N) is 1. The van der Waals surface area contributed by atoms with Crippen molar-refractivity contribution < 1.29 is 18.1 Å². The Bertz CT molecular complexity index is 831. The van der Waals surface area contributed by atoms with Crippen LogP contribution in [0.2, 0.25) is 0 Å². The summed E-state index contributed by atoms with van der Waals surface area (Å²) >= 11 is 0. The molecule has 1 amide bonds. The van der Waals surface area contributed by atoms with Gasteiger partial charge in [-0.3, -0.25) is 4.79 Å². The molecule has 3 aromatic rings. The van der Waals surface area contributed by atoms with Crippen molar-refractivity contribution in [1.82, 2.24) is 15.5 Å². The van der Waals surface area contributed by atoms with Crippen LogP contribution >= 0.6 is 0 Å². The molecular formula is C16H11F2N3O2. The Kier molecular flexibility index (Phi) is 4.09. The first kappa shape index (κ1) is 14.8. The second-order valence-corrected chi connectivity index (χ2v) is 4.68. The highest BCUT2D eigenvalue weighted by Gasteiger charge is 2.13. The molecule has 0 aliphatic heterocycles. The standard InChI is InChI=1S/C16H11F2N3O2/c17-11-7-5-10(6-8-11)16(22)19-9-14-20-15(21-23-14)12-3-1-2-4-13(12)18/h1-8H,9H2,(H,19,22). The molecule has 0 spiro atoms. The van der Waals surface area contributed by atoms with Crippen molar-refractivity contribution >= 4 is 5.91 Å². The predicted molar refractivity (Wildman–Crippen MR) is 77.3 cm³/mol. The van der Waals surface area contributed by atoms with Gasteiger partial charge < -0.3 is 9.84 Å². The normalized spacial score (nSPS) is 10.5. The SMILES string of the molecule is O=C(NCc1nc(-c2ccccc2F)no1)c1ccc(F)cc1. The van der Waals surface area contributed by atoms with Gasteiger partial charge in [-0.25, -0.2) is 8.78 Å². The molecular weight excluding hydrogens is 304 g/mol. The molecule has 0 aliphatic rings. The maximum Gasteiger partial charge on any atom is 0.251 e. The van der Waals surface area contributed by atoms with Gasteiger partial charge in [0.15, 0.2) is 0 Å². The first-order chi connectivity index (χ1) is 11.1. The van der Waals surface area contributed by atoms with Crippen LogP contribution in [0, 0.1) is 11.6 Å². The van der Waals surface area contributed by atoms with Crippen LogP contribution in [0.3, 0.4) is 0 Å². The largest absolute Gasteiger partial charge is 0.343 e. The van der Waals surface area contributed by atoms with Crippen LogP contribution in [0.4, 0.5) is 8.78 Å². The summed E-state index contributed by atoms with van der Waals surface area (Å²) in [7, 11) is 0. The molecule has 0 saturated carbocycles. The third-order valence-corrected chi connectivity index (χ3v) is 3.09. The fourth-order valence-electron chi connectivity index (χ4n) is 1.94. The zero-order chi connectivity index (χ0) is 16.2.